The average Bonchev–Trinajstić information content (AvgIpc) is 3.32. The van der Waals surface area contributed by atoms with Crippen molar-refractivity contribution >= 4 is 21.4 Å². The zero-order valence-corrected chi connectivity index (χ0v) is 14.3. The van der Waals surface area contributed by atoms with Gasteiger partial charge in [0.1, 0.15) is 17.3 Å². The molecule has 0 atom stereocenters. The largest absolute Gasteiger partial charge is 0.493 e. The van der Waals surface area contributed by atoms with Crippen LogP contribution in [0.1, 0.15) is 11.3 Å². The van der Waals surface area contributed by atoms with E-state index < -0.39 is 10.0 Å². The molecule has 0 bridgehead atoms. The standard InChI is InChI=1S/C17H15NO4S2/c19-24(20,14-4-6-15-12(10-14)7-8-21-15)18-11-13-3-5-16(22-13)17-2-1-9-23-17/h1-6,9-10,18H,7-8,11H2. The minimum atomic E-state index is -3.59. The molecule has 5 nitrogen and oxygen atoms in total. The maximum absolute atomic E-state index is 12.4. The van der Waals surface area contributed by atoms with Crippen LogP contribution in [0.2, 0.25) is 0 Å². The van der Waals surface area contributed by atoms with E-state index in [9.17, 15) is 8.42 Å². The summed E-state index contributed by atoms with van der Waals surface area (Å²) in [7, 11) is -3.59. The van der Waals surface area contributed by atoms with Gasteiger partial charge in [0.25, 0.3) is 0 Å². The Balaban J connectivity index is 1.49. The van der Waals surface area contributed by atoms with Crippen molar-refractivity contribution in [2.24, 2.45) is 0 Å². The third kappa shape index (κ3) is 2.98. The molecule has 4 rings (SSSR count). The number of furan rings is 1. The Hall–Kier alpha value is -2.09. The molecule has 0 amide bonds. The van der Waals surface area contributed by atoms with Crippen LogP contribution >= 0.6 is 11.3 Å². The Morgan fingerprint density at radius 1 is 1.17 bits per heavy atom. The first kappa shape index (κ1) is 15.4. The van der Waals surface area contributed by atoms with Crippen LogP contribution in [0.5, 0.6) is 5.75 Å². The summed E-state index contributed by atoms with van der Waals surface area (Å²) in [5.74, 6) is 2.08. The maximum Gasteiger partial charge on any atom is 0.240 e. The summed E-state index contributed by atoms with van der Waals surface area (Å²) in [6, 6.07) is 12.5. The molecule has 0 unspecified atom stereocenters. The highest BCUT2D eigenvalue weighted by Gasteiger charge is 2.19. The third-order valence-corrected chi connectivity index (χ3v) is 6.12. The van der Waals surface area contributed by atoms with Crippen LogP contribution in [0.4, 0.5) is 0 Å². The van der Waals surface area contributed by atoms with E-state index in [4.69, 9.17) is 9.15 Å². The first-order valence-electron chi connectivity index (χ1n) is 7.50. The summed E-state index contributed by atoms with van der Waals surface area (Å²) in [6.45, 7) is 0.714. The van der Waals surface area contributed by atoms with E-state index in [-0.39, 0.29) is 11.4 Å². The Morgan fingerprint density at radius 3 is 2.92 bits per heavy atom. The van der Waals surface area contributed by atoms with Crippen LogP contribution in [0.15, 0.2) is 57.2 Å². The monoisotopic (exact) mass is 361 g/mol. The number of nitrogens with one attached hydrogen (secondary N) is 1. The van der Waals surface area contributed by atoms with E-state index in [2.05, 4.69) is 4.72 Å². The molecule has 0 radical (unpaired) electrons. The summed E-state index contributed by atoms with van der Waals surface area (Å²) >= 11 is 1.58. The molecule has 1 aromatic carbocycles. The quantitative estimate of drug-likeness (QED) is 0.756. The number of hydrogen-bond donors (Lipinski definition) is 1. The molecule has 3 heterocycles. The maximum atomic E-state index is 12.4. The van der Waals surface area contributed by atoms with E-state index in [1.165, 1.54) is 0 Å². The van der Waals surface area contributed by atoms with Crippen LogP contribution in [0.3, 0.4) is 0 Å². The van der Waals surface area contributed by atoms with Crippen LogP contribution in [-0.2, 0) is 23.0 Å². The normalized spacial score (nSPS) is 13.7. The Morgan fingerprint density at radius 2 is 2.08 bits per heavy atom. The van der Waals surface area contributed by atoms with Crippen LogP contribution in [0.25, 0.3) is 10.6 Å². The first-order valence-corrected chi connectivity index (χ1v) is 9.86. The molecule has 1 aliphatic heterocycles. The predicted octanol–water partition coefficient (Wildman–Crippen LogP) is 3.42. The summed E-state index contributed by atoms with van der Waals surface area (Å²) < 4.78 is 38.6. The van der Waals surface area contributed by atoms with E-state index >= 15 is 0 Å². The molecule has 0 spiro atoms. The van der Waals surface area contributed by atoms with Gasteiger partial charge in [-0.05, 0) is 47.3 Å². The van der Waals surface area contributed by atoms with Gasteiger partial charge >= 0.3 is 0 Å². The fraction of sp³-hybridized carbons (Fsp3) is 0.176. The fourth-order valence-corrected chi connectivity index (χ4v) is 4.33. The van der Waals surface area contributed by atoms with E-state index in [1.54, 1.807) is 35.6 Å². The second kappa shape index (κ2) is 6.08. The molecular weight excluding hydrogens is 346 g/mol. The van der Waals surface area contributed by atoms with Crippen molar-refractivity contribution in [2.45, 2.75) is 17.9 Å². The predicted molar refractivity (Wildman–Crippen MR) is 91.7 cm³/mol. The SMILES string of the molecule is O=S(=O)(NCc1ccc(-c2cccs2)o1)c1ccc2c(c1)CCO2. The second-order valence-electron chi connectivity index (χ2n) is 5.44. The lowest BCUT2D eigenvalue weighted by molar-refractivity contribution is 0.356. The highest BCUT2D eigenvalue weighted by atomic mass is 32.2. The number of fused-ring (bicyclic) bond motifs is 1. The highest BCUT2D eigenvalue weighted by molar-refractivity contribution is 7.89. The van der Waals surface area contributed by atoms with Gasteiger partial charge in [-0.25, -0.2) is 13.1 Å². The summed E-state index contributed by atoms with van der Waals surface area (Å²) in [6.07, 6.45) is 0.737. The minimum absolute atomic E-state index is 0.112. The molecule has 7 heteroatoms. The zero-order chi connectivity index (χ0) is 16.6. The highest BCUT2D eigenvalue weighted by Crippen LogP contribution is 2.28. The zero-order valence-electron chi connectivity index (χ0n) is 12.7. The van der Waals surface area contributed by atoms with Gasteiger partial charge in [0, 0.05) is 6.42 Å². The second-order valence-corrected chi connectivity index (χ2v) is 8.15. The molecule has 24 heavy (non-hydrogen) atoms. The topological polar surface area (TPSA) is 68.5 Å². The Kier molecular flexibility index (Phi) is 3.91. The summed E-state index contributed by atoms with van der Waals surface area (Å²) in [4.78, 5) is 1.26. The average molecular weight is 361 g/mol. The molecule has 0 saturated heterocycles. The number of thiophene rings is 1. The van der Waals surface area contributed by atoms with Crippen molar-refractivity contribution in [3.8, 4) is 16.4 Å². The number of benzene rings is 1. The fourth-order valence-electron chi connectivity index (χ4n) is 2.60. The van der Waals surface area contributed by atoms with Gasteiger partial charge in [-0.2, -0.15) is 0 Å². The number of rotatable bonds is 5. The van der Waals surface area contributed by atoms with Crippen molar-refractivity contribution in [2.75, 3.05) is 6.61 Å². The molecule has 3 aromatic rings. The Bertz CT molecular complexity index is 958. The van der Waals surface area contributed by atoms with E-state index in [0.717, 1.165) is 28.4 Å². The molecular formula is C17H15NO4S2. The van der Waals surface area contributed by atoms with Gasteiger partial charge < -0.3 is 9.15 Å². The van der Waals surface area contributed by atoms with E-state index in [1.807, 2.05) is 23.6 Å². The van der Waals surface area contributed by atoms with Crippen LogP contribution in [-0.4, -0.2) is 15.0 Å². The van der Waals surface area contributed by atoms with Crippen molar-refractivity contribution in [3.63, 3.8) is 0 Å². The summed E-state index contributed by atoms with van der Waals surface area (Å²) in [5, 5.41) is 1.97. The molecule has 1 aliphatic rings. The molecule has 0 saturated carbocycles. The van der Waals surface area contributed by atoms with E-state index in [0.29, 0.717) is 12.4 Å². The lowest BCUT2D eigenvalue weighted by atomic mass is 10.2. The van der Waals surface area contributed by atoms with Gasteiger partial charge in [0.05, 0.1) is 22.9 Å². The van der Waals surface area contributed by atoms with Gasteiger partial charge in [-0.1, -0.05) is 6.07 Å². The minimum Gasteiger partial charge on any atom is -0.493 e. The van der Waals surface area contributed by atoms with Gasteiger partial charge in [0.2, 0.25) is 10.0 Å². The number of ether oxygens (including phenoxy) is 1. The molecule has 0 aliphatic carbocycles. The van der Waals surface area contributed by atoms with Gasteiger partial charge in [0.15, 0.2) is 0 Å². The molecule has 0 fully saturated rings. The third-order valence-electron chi connectivity index (χ3n) is 3.83. The van der Waals surface area contributed by atoms with Crippen molar-refractivity contribution in [1.29, 1.82) is 0 Å². The molecule has 1 N–H and O–H groups in total. The number of hydrogen-bond acceptors (Lipinski definition) is 5. The Labute approximate surface area is 143 Å². The molecule has 124 valence electrons. The smallest absolute Gasteiger partial charge is 0.240 e. The summed E-state index contributed by atoms with van der Waals surface area (Å²) in [5.41, 5.74) is 0.927. The first-order chi connectivity index (χ1) is 11.6. The van der Waals surface area contributed by atoms with Crippen molar-refractivity contribution in [3.05, 3.63) is 59.2 Å². The van der Waals surface area contributed by atoms with Crippen molar-refractivity contribution < 1.29 is 17.6 Å². The van der Waals surface area contributed by atoms with Crippen LogP contribution in [0, 0.1) is 0 Å². The lowest BCUT2D eigenvalue weighted by Crippen LogP contribution is -2.23. The van der Waals surface area contributed by atoms with Gasteiger partial charge in [-0.15, -0.1) is 11.3 Å². The number of sulfonamides is 1. The molecule has 2 aromatic heterocycles. The lowest BCUT2D eigenvalue weighted by Gasteiger charge is -2.07. The van der Waals surface area contributed by atoms with Gasteiger partial charge in [-0.3, -0.25) is 0 Å². The van der Waals surface area contributed by atoms with Crippen molar-refractivity contribution in [1.82, 2.24) is 4.72 Å². The van der Waals surface area contributed by atoms with Crippen LogP contribution < -0.4 is 9.46 Å².